The summed E-state index contributed by atoms with van der Waals surface area (Å²) in [6.45, 7) is 2.28. The van der Waals surface area contributed by atoms with Gasteiger partial charge >= 0.3 is 5.97 Å². The molecule has 7 nitrogen and oxygen atoms in total. The Balaban J connectivity index is 1.88. The van der Waals surface area contributed by atoms with Crippen LogP contribution in [0.4, 0.5) is 0 Å². The molecule has 0 radical (unpaired) electrons. The molecule has 0 aliphatic rings. The van der Waals surface area contributed by atoms with E-state index in [0.29, 0.717) is 18.2 Å². The quantitative estimate of drug-likeness (QED) is 0.529. The van der Waals surface area contributed by atoms with Crippen LogP contribution < -0.4 is 5.73 Å². The summed E-state index contributed by atoms with van der Waals surface area (Å²) in [7, 11) is -3.83. The molecule has 3 rings (SSSR count). The number of nitrogens with zero attached hydrogens (tertiary/aromatic N) is 2. The second kappa shape index (κ2) is 9.72. The Hall–Kier alpha value is -3.23. The van der Waals surface area contributed by atoms with Gasteiger partial charge in [0.2, 0.25) is 0 Å². The molecule has 1 heterocycles. The minimum absolute atomic E-state index is 0.213. The first-order chi connectivity index (χ1) is 14.8. The van der Waals surface area contributed by atoms with Crippen LogP contribution in [0.25, 0.3) is 10.8 Å². The normalized spacial score (nSPS) is 11.8. The highest BCUT2D eigenvalue weighted by molar-refractivity contribution is 7.89. The van der Waals surface area contributed by atoms with Gasteiger partial charge in [0.1, 0.15) is 0 Å². The number of benzene rings is 2. The number of carboxylic acid groups (broad SMARTS) is 1. The predicted molar refractivity (Wildman–Crippen MR) is 120 cm³/mol. The summed E-state index contributed by atoms with van der Waals surface area (Å²) in [5.41, 5.74) is 7.40. The molecule has 0 aliphatic heterocycles. The lowest BCUT2D eigenvalue weighted by Crippen LogP contribution is -2.28. The van der Waals surface area contributed by atoms with Gasteiger partial charge in [-0.15, -0.1) is 0 Å². The van der Waals surface area contributed by atoms with Gasteiger partial charge in [0.25, 0.3) is 10.0 Å². The van der Waals surface area contributed by atoms with Crippen LogP contribution in [0.15, 0.2) is 72.0 Å². The Kier molecular flexibility index (Phi) is 7.04. The number of aromatic nitrogens is 1. The number of rotatable bonds is 9. The summed E-state index contributed by atoms with van der Waals surface area (Å²) in [5.74, 6) is -0.988. The van der Waals surface area contributed by atoms with Gasteiger partial charge in [-0.2, -0.15) is 0 Å². The highest BCUT2D eigenvalue weighted by Crippen LogP contribution is 2.28. The van der Waals surface area contributed by atoms with Crippen molar-refractivity contribution in [2.75, 3.05) is 13.1 Å². The topological polar surface area (TPSA) is 114 Å². The fourth-order valence-electron chi connectivity index (χ4n) is 3.47. The third-order valence-corrected chi connectivity index (χ3v) is 6.76. The molecule has 0 amide bonds. The fourth-order valence-corrected chi connectivity index (χ4v) is 5.12. The Morgan fingerprint density at radius 2 is 1.97 bits per heavy atom. The smallest absolute Gasteiger partial charge is 0.335 e. The SMILES string of the molecule is Cc1cncc2cccc(S(=O)(=O)N(C=CCN)CCCc3cccc(C(=O)O)c3)c12. The minimum Gasteiger partial charge on any atom is -0.478 e. The molecule has 0 aliphatic carbocycles. The molecule has 3 aromatic rings. The van der Waals surface area contributed by atoms with Gasteiger partial charge in [-0.3, -0.25) is 9.29 Å². The fraction of sp³-hybridized carbons (Fsp3) is 0.217. The van der Waals surface area contributed by atoms with Gasteiger partial charge in [0, 0.05) is 42.5 Å². The van der Waals surface area contributed by atoms with Crippen LogP contribution in [0.2, 0.25) is 0 Å². The zero-order valence-electron chi connectivity index (χ0n) is 17.2. The van der Waals surface area contributed by atoms with E-state index in [1.807, 2.05) is 19.1 Å². The standard InChI is InChI=1S/C23H25N3O4S/c1-17-15-25-16-20-9-3-10-21(22(17)20)31(29,30)26(13-5-11-24)12-4-7-18-6-2-8-19(14-18)23(27)28/h2-3,5-6,8-10,13-16H,4,7,11-12,24H2,1H3,(H,27,28). The summed E-state index contributed by atoms with van der Waals surface area (Å²) in [6.07, 6.45) is 7.46. The summed E-state index contributed by atoms with van der Waals surface area (Å²) in [4.78, 5) is 15.5. The van der Waals surface area contributed by atoms with E-state index in [-0.39, 0.29) is 23.5 Å². The second-order valence-electron chi connectivity index (χ2n) is 7.16. The molecular weight excluding hydrogens is 414 g/mol. The number of carboxylic acids is 1. The Morgan fingerprint density at radius 3 is 2.71 bits per heavy atom. The lowest BCUT2D eigenvalue weighted by Gasteiger charge is -2.22. The van der Waals surface area contributed by atoms with Crippen molar-refractivity contribution in [1.82, 2.24) is 9.29 Å². The van der Waals surface area contributed by atoms with Crippen molar-refractivity contribution < 1.29 is 18.3 Å². The van der Waals surface area contributed by atoms with Crippen LogP contribution in [-0.2, 0) is 16.4 Å². The summed E-state index contributed by atoms with van der Waals surface area (Å²) >= 11 is 0. The third-order valence-electron chi connectivity index (χ3n) is 4.95. The molecule has 0 saturated heterocycles. The van der Waals surface area contributed by atoms with Gasteiger partial charge in [0.15, 0.2) is 0 Å². The molecule has 3 N–H and O–H groups in total. The van der Waals surface area contributed by atoms with Gasteiger partial charge in [-0.05, 0) is 49.1 Å². The van der Waals surface area contributed by atoms with E-state index in [2.05, 4.69) is 4.98 Å². The maximum Gasteiger partial charge on any atom is 0.335 e. The van der Waals surface area contributed by atoms with E-state index < -0.39 is 16.0 Å². The Bertz CT molecular complexity index is 1220. The molecule has 1 aromatic heterocycles. The van der Waals surface area contributed by atoms with Crippen LogP contribution in [0.5, 0.6) is 0 Å². The van der Waals surface area contributed by atoms with Crippen molar-refractivity contribution in [1.29, 1.82) is 0 Å². The molecule has 2 aromatic carbocycles. The lowest BCUT2D eigenvalue weighted by atomic mass is 10.1. The Labute approximate surface area is 181 Å². The van der Waals surface area contributed by atoms with E-state index in [1.54, 1.807) is 42.7 Å². The van der Waals surface area contributed by atoms with E-state index in [4.69, 9.17) is 10.8 Å². The molecule has 8 heteroatoms. The highest BCUT2D eigenvalue weighted by Gasteiger charge is 2.24. The first-order valence-corrected chi connectivity index (χ1v) is 11.3. The molecule has 162 valence electrons. The number of sulfonamides is 1. The largest absolute Gasteiger partial charge is 0.478 e. The van der Waals surface area contributed by atoms with Gasteiger partial charge in [-0.25, -0.2) is 13.2 Å². The molecule has 0 fully saturated rings. The van der Waals surface area contributed by atoms with Crippen molar-refractivity contribution in [3.63, 3.8) is 0 Å². The van der Waals surface area contributed by atoms with Crippen LogP contribution >= 0.6 is 0 Å². The van der Waals surface area contributed by atoms with E-state index in [9.17, 15) is 13.2 Å². The first-order valence-electron chi connectivity index (χ1n) is 9.88. The van der Waals surface area contributed by atoms with E-state index >= 15 is 0 Å². The summed E-state index contributed by atoms with van der Waals surface area (Å²) in [5, 5.41) is 10.6. The zero-order valence-corrected chi connectivity index (χ0v) is 18.0. The van der Waals surface area contributed by atoms with Crippen molar-refractivity contribution in [2.24, 2.45) is 5.73 Å². The molecule has 0 atom stereocenters. The number of nitrogens with two attached hydrogens (primary N) is 1. The molecule has 0 saturated carbocycles. The van der Waals surface area contributed by atoms with Gasteiger partial charge < -0.3 is 10.8 Å². The van der Waals surface area contributed by atoms with Crippen LogP contribution in [0.3, 0.4) is 0 Å². The number of carbonyl (C=O) groups is 1. The molecule has 0 bridgehead atoms. The number of hydrogen-bond donors (Lipinski definition) is 2. The molecule has 0 unspecified atom stereocenters. The zero-order chi connectivity index (χ0) is 22.4. The lowest BCUT2D eigenvalue weighted by molar-refractivity contribution is 0.0696. The van der Waals surface area contributed by atoms with Gasteiger partial charge in [-0.1, -0.05) is 30.3 Å². The predicted octanol–water partition coefficient (Wildman–Crippen LogP) is 3.34. The van der Waals surface area contributed by atoms with Crippen LogP contribution in [0, 0.1) is 6.92 Å². The van der Waals surface area contributed by atoms with Crippen molar-refractivity contribution in [3.05, 3.63) is 83.8 Å². The number of pyridine rings is 1. The number of aryl methyl sites for hydroxylation is 2. The van der Waals surface area contributed by atoms with Crippen molar-refractivity contribution in [2.45, 2.75) is 24.7 Å². The second-order valence-corrected chi connectivity index (χ2v) is 9.01. The molecule has 31 heavy (non-hydrogen) atoms. The Morgan fingerprint density at radius 1 is 1.19 bits per heavy atom. The number of aromatic carboxylic acids is 1. The van der Waals surface area contributed by atoms with Gasteiger partial charge in [0.05, 0.1) is 10.5 Å². The van der Waals surface area contributed by atoms with E-state index in [0.717, 1.165) is 16.5 Å². The average molecular weight is 440 g/mol. The maximum atomic E-state index is 13.5. The summed E-state index contributed by atoms with van der Waals surface area (Å²) in [6, 6.07) is 11.8. The highest BCUT2D eigenvalue weighted by atomic mass is 32.2. The molecular formula is C23H25N3O4S. The maximum absolute atomic E-state index is 13.5. The third kappa shape index (κ3) is 5.10. The molecule has 0 spiro atoms. The number of hydrogen-bond acceptors (Lipinski definition) is 5. The van der Waals surface area contributed by atoms with Crippen molar-refractivity contribution in [3.8, 4) is 0 Å². The van der Waals surface area contributed by atoms with Crippen molar-refractivity contribution >= 4 is 26.8 Å². The minimum atomic E-state index is -3.83. The van der Waals surface area contributed by atoms with Crippen LogP contribution in [-0.4, -0.2) is 41.9 Å². The van der Waals surface area contributed by atoms with Crippen LogP contribution in [0.1, 0.15) is 27.9 Å². The van der Waals surface area contributed by atoms with E-state index in [1.165, 1.54) is 16.6 Å². The summed E-state index contributed by atoms with van der Waals surface area (Å²) < 4.78 is 28.4. The average Bonchev–Trinajstić information content (AvgIpc) is 2.76. The first kappa shape index (κ1) is 22.5. The monoisotopic (exact) mass is 439 g/mol. The number of fused-ring (bicyclic) bond motifs is 1.